The predicted octanol–water partition coefficient (Wildman–Crippen LogP) is 7.55. The molecule has 4 heterocycles. The molecule has 0 radical (unpaired) electrons. The summed E-state index contributed by atoms with van der Waals surface area (Å²) in [5, 5.41) is 14.0. The van der Waals surface area contributed by atoms with Gasteiger partial charge >= 0.3 is 0 Å². The molecule has 67 heavy (non-hydrogen) atoms. The van der Waals surface area contributed by atoms with Gasteiger partial charge in [-0.1, -0.05) is 70.7 Å². The SMILES string of the molecule is NCC(=O)Nc1cc(Cl)ccc1OCC(=O)N[C@H]1C[C@H]2CC[C@@H](C1)N2Cc1ccc(Cl)cc1.NCCC(=O)Nc1cc(Cl)ccc1OCC(=O)N[C@H]1C[C@H]2CC[C@@H](C1)N2Cc1ccc(Cl)cc1. The first-order chi connectivity index (χ1) is 32.3. The number of nitrogens with one attached hydrogen (secondary N) is 4. The van der Waals surface area contributed by atoms with Gasteiger partial charge in [-0.05, 0) is 123 Å². The van der Waals surface area contributed by atoms with Crippen LogP contribution in [-0.4, -0.2) is 96.0 Å². The quantitative estimate of drug-likeness (QED) is 0.0616. The second-order valence-corrected chi connectivity index (χ2v) is 19.3. The van der Waals surface area contributed by atoms with Crippen molar-refractivity contribution in [3.8, 4) is 11.5 Å². The third-order valence-corrected chi connectivity index (χ3v) is 13.7. The number of fused-ring (bicyclic) bond motifs is 4. The van der Waals surface area contributed by atoms with Crippen LogP contribution in [0.3, 0.4) is 0 Å². The van der Waals surface area contributed by atoms with Crippen molar-refractivity contribution in [1.29, 1.82) is 0 Å². The molecule has 0 aliphatic carbocycles. The lowest BCUT2D eigenvalue weighted by Gasteiger charge is -2.39. The summed E-state index contributed by atoms with van der Waals surface area (Å²) in [7, 11) is 0. The van der Waals surface area contributed by atoms with Gasteiger partial charge in [0.1, 0.15) is 11.5 Å². The van der Waals surface area contributed by atoms with Gasteiger partial charge in [-0.15, -0.1) is 0 Å². The average Bonchev–Trinajstić information content (AvgIpc) is 3.66. The fourth-order valence-electron chi connectivity index (χ4n) is 9.72. The fraction of sp³-hybridized carbons (Fsp3) is 0.429. The van der Waals surface area contributed by atoms with Gasteiger partial charge in [-0.3, -0.25) is 29.0 Å². The Hall–Kier alpha value is -4.64. The van der Waals surface area contributed by atoms with Crippen molar-refractivity contribution in [1.82, 2.24) is 20.4 Å². The number of piperidine rings is 2. The second-order valence-electron chi connectivity index (χ2n) is 17.5. The monoisotopic (exact) mass is 994 g/mol. The Morgan fingerprint density at radius 1 is 0.522 bits per heavy atom. The van der Waals surface area contributed by atoms with E-state index in [1.54, 1.807) is 36.4 Å². The predicted molar refractivity (Wildman–Crippen MR) is 264 cm³/mol. The Bertz CT molecular complexity index is 2320. The van der Waals surface area contributed by atoms with Gasteiger partial charge in [0.15, 0.2) is 13.2 Å². The van der Waals surface area contributed by atoms with Crippen molar-refractivity contribution in [2.75, 3.05) is 36.9 Å². The van der Waals surface area contributed by atoms with Gasteiger partial charge in [0.25, 0.3) is 11.8 Å². The second kappa shape index (κ2) is 24.1. The van der Waals surface area contributed by atoms with Crippen molar-refractivity contribution in [3.63, 3.8) is 0 Å². The Balaban J connectivity index is 0.000000199. The largest absolute Gasteiger partial charge is 0.482 e. The van der Waals surface area contributed by atoms with Gasteiger partial charge in [-0.2, -0.15) is 0 Å². The highest BCUT2D eigenvalue weighted by molar-refractivity contribution is 6.31. The van der Waals surface area contributed by atoms with Crippen molar-refractivity contribution < 1.29 is 28.7 Å². The fourth-order valence-corrected chi connectivity index (χ4v) is 10.3. The molecule has 4 amide bonds. The summed E-state index contributed by atoms with van der Waals surface area (Å²) in [5.74, 6) is -0.203. The Kier molecular flexibility index (Phi) is 18.1. The van der Waals surface area contributed by atoms with Gasteiger partial charge in [0.2, 0.25) is 11.8 Å². The minimum atomic E-state index is -0.368. The molecule has 8 N–H and O–H groups in total. The zero-order valence-electron chi connectivity index (χ0n) is 37.2. The zero-order chi connectivity index (χ0) is 47.5. The molecule has 4 bridgehead atoms. The Labute approximate surface area is 411 Å². The molecule has 4 aromatic carbocycles. The molecule has 6 atom stereocenters. The van der Waals surface area contributed by atoms with Crippen LogP contribution < -0.4 is 42.2 Å². The standard InChI is InChI=1S/C25H30Cl2N4O3.C24H28Cl2N4O3/c26-17-3-1-16(2-4-17)14-31-20-6-7-21(31)13-19(12-20)29-25(33)15-34-23-8-5-18(27)11-22(23)30-24(32)9-10-28;25-16-3-1-15(2-4-16)13-30-19-6-7-20(30)11-18(10-19)28-24(32)14-33-22-8-5-17(26)9-21(22)29-23(31)12-27/h1-5,8,11,19-21H,6-7,9-10,12-15,28H2,(H,29,33)(H,30,32);1-5,8-9,18-20H,6-7,10-14,27H2,(H,28,32)(H,29,31)/t19-,20+,21-;18-,19+,20-. The first kappa shape index (κ1) is 50.2. The normalized spacial score (nSPS) is 21.9. The Morgan fingerprint density at radius 3 is 1.27 bits per heavy atom. The van der Waals surface area contributed by atoms with E-state index in [0.717, 1.165) is 74.5 Å². The van der Waals surface area contributed by atoms with Crippen LogP contribution in [0, 0.1) is 0 Å². The number of anilines is 2. The van der Waals surface area contributed by atoms with E-state index in [9.17, 15) is 19.2 Å². The number of hydrogen-bond acceptors (Lipinski definition) is 10. The number of carbonyl (C=O) groups is 4. The molecule has 0 spiro atoms. The number of hydrogen-bond donors (Lipinski definition) is 6. The molecule has 4 aromatic rings. The molecule has 8 rings (SSSR count). The van der Waals surface area contributed by atoms with Gasteiger partial charge < -0.3 is 42.2 Å². The molecular formula is C49H58Cl4N8O6. The van der Waals surface area contributed by atoms with Gasteiger partial charge in [-0.25, -0.2) is 0 Å². The molecule has 4 aliphatic heterocycles. The minimum Gasteiger partial charge on any atom is -0.482 e. The number of amides is 4. The summed E-state index contributed by atoms with van der Waals surface area (Å²) in [6.07, 6.45) is 8.49. The minimum absolute atomic E-state index is 0.127. The lowest BCUT2D eigenvalue weighted by Crippen LogP contribution is -2.50. The van der Waals surface area contributed by atoms with E-state index in [0.29, 0.717) is 57.1 Å². The van der Waals surface area contributed by atoms with Crippen LogP contribution in [0.1, 0.15) is 68.9 Å². The molecule has 0 unspecified atom stereocenters. The number of ether oxygens (including phenoxy) is 2. The third kappa shape index (κ3) is 14.4. The smallest absolute Gasteiger partial charge is 0.258 e. The molecule has 0 aromatic heterocycles. The zero-order valence-corrected chi connectivity index (χ0v) is 40.2. The lowest BCUT2D eigenvalue weighted by molar-refractivity contribution is -0.125. The number of nitrogens with two attached hydrogens (primary N) is 2. The summed E-state index contributed by atoms with van der Waals surface area (Å²) in [6.45, 7) is 1.61. The molecule has 14 nitrogen and oxygen atoms in total. The van der Waals surface area contributed by atoms with Crippen LogP contribution in [-0.2, 0) is 32.3 Å². The maximum absolute atomic E-state index is 12.6. The van der Waals surface area contributed by atoms with Crippen molar-refractivity contribution in [3.05, 3.63) is 116 Å². The van der Waals surface area contributed by atoms with E-state index >= 15 is 0 Å². The highest BCUT2D eigenvalue weighted by atomic mass is 35.5. The van der Waals surface area contributed by atoms with Crippen molar-refractivity contribution >= 4 is 81.4 Å². The molecule has 18 heteroatoms. The van der Waals surface area contributed by atoms with Gasteiger partial charge in [0.05, 0.1) is 17.9 Å². The molecule has 358 valence electrons. The number of halogens is 4. The Morgan fingerprint density at radius 2 is 0.896 bits per heavy atom. The van der Waals surface area contributed by atoms with E-state index in [1.807, 2.05) is 24.3 Å². The van der Waals surface area contributed by atoms with Crippen molar-refractivity contribution in [2.45, 2.75) is 107 Å². The maximum atomic E-state index is 12.6. The highest BCUT2D eigenvalue weighted by Gasteiger charge is 2.42. The van der Waals surface area contributed by atoms with E-state index in [-0.39, 0.29) is 68.4 Å². The van der Waals surface area contributed by atoms with Crippen LogP contribution in [0.15, 0.2) is 84.9 Å². The van der Waals surface area contributed by atoms with Crippen LogP contribution in [0.5, 0.6) is 11.5 Å². The topological polar surface area (TPSA) is 193 Å². The van der Waals surface area contributed by atoms with Gasteiger partial charge in [0, 0.05) is 82.4 Å². The van der Waals surface area contributed by atoms with Crippen LogP contribution in [0.25, 0.3) is 0 Å². The molecule has 4 fully saturated rings. The third-order valence-electron chi connectivity index (χ3n) is 12.8. The van der Waals surface area contributed by atoms with E-state index in [4.69, 9.17) is 67.3 Å². The summed E-state index contributed by atoms with van der Waals surface area (Å²) in [4.78, 5) is 53.9. The van der Waals surface area contributed by atoms with Crippen LogP contribution in [0.4, 0.5) is 11.4 Å². The van der Waals surface area contributed by atoms with Crippen molar-refractivity contribution in [2.24, 2.45) is 11.5 Å². The summed E-state index contributed by atoms with van der Waals surface area (Å²) in [5.41, 5.74) is 14.1. The summed E-state index contributed by atoms with van der Waals surface area (Å²) < 4.78 is 11.4. The maximum Gasteiger partial charge on any atom is 0.258 e. The highest BCUT2D eigenvalue weighted by Crippen LogP contribution is 2.39. The first-order valence-corrected chi connectivity index (χ1v) is 24.3. The van der Waals surface area contributed by atoms with Crippen LogP contribution >= 0.6 is 46.4 Å². The molecule has 4 saturated heterocycles. The molecular weight excluding hydrogens is 938 g/mol. The van der Waals surface area contributed by atoms with E-state index in [2.05, 4.69) is 55.3 Å². The lowest BCUT2D eigenvalue weighted by atomic mass is 9.96. The van der Waals surface area contributed by atoms with E-state index in [1.165, 1.54) is 11.1 Å². The van der Waals surface area contributed by atoms with Crippen LogP contribution in [0.2, 0.25) is 20.1 Å². The van der Waals surface area contributed by atoms with E-state index < -0.39 is 0 Å². The summed E-state index contributed by atoms with van der Waals surface area (Å²) in [6, 6.07) is 27.8. The molecule has 0 saturated carbocycles. The number of carbonyl (C=O) groups excluding carboxylic acids is 4. The number of benzene rings is 4. The number of nitrogens with zero attached hydrogens (tertiary/aromatic N) is 2. The molecule has 4 aliphatic rings. The summed E-state index contributed by atoms with van der Waals surface area (Å²) >= 11 is 24.1. The number of rotatable bonds is 17. The average molecular weight is 997 g/mol. The first-order valence-electron chi connectivity index (χ1n) is 22.8.